The van der Waals surface area contributed by atoms with Crippen LogP contribution in [0.2, 0.25) is 0 Å². The predicted molar refractivity (Wildman–Crippen MR) is 75.7 cm³/mol. The van der Waals surface area contributed by atoms with Gasteiger partial charge in [0.1, 0.15) is 11.3 Å². The molecule has 0 aliphatic carbocycles. The molecule has 1 aromatic carbocycles. The second-order valence-corrected chi connectivity index (χ2v) is 6.35. The second kappa shape index (κ2) is 4.70. The van der Waals surface area contributed by atoms with Gasteiger partial charge in [-0.1, -0.05) is 6.07 Å². The van der Waals surface area contributed by atoms with Crippen molar-refractivity contribution in [3.63, 3.8) is 0 Å². The molecule has 3 rings (SSSR count). The van der Waals surface area contributed by atoms with E-state index in [1.165, 1.54) is 18.5 Å². The number of nitrogens with zero attached hydrogens (tertiary/aromatic N) is 3. The van der Waals surface area contributed by atoms with Gasteiger partial charge in [0.2, 0.25) is 5.95 Å². The molecule has 0 aliphatic rings. The summed E-state index contributed by atoms with van der Waals surface area (Å²) >= 11 is 0. The van der Waals surface area contributed by atoms with Crippen molar-refractivity contribution in [3.8, 4) is 11.6 Å². The van der Waals surface area contributed by atoms with E-state index in [1.807, 2.05) is 0 Å². The maximum absolute atomic E-state index is 11.5. The highest BCUT2D eigenvalue weighted by molar-refractivity contribution is 7.90. The Kier molecular flexibility index (Phi) is 2.98. The Bertz CT molecular complexity index is 920. The van der Waals surface area contributed by atoms with E-state index in [0.717, 1.165) is 6.26 Å². The second-order valence-electron chi connectivity index (χ2n) is 4.34. The summed E-state index contributed by atoms with van der Waals surface area (Å²) in [6, 6.07) is 6.10. The van der Waals surface area contributed by atoms with Crippen LogP contribution in [-0.2, 0) is 9.84 Å². The van der Waals surface area contributed by atoms with Crippen LogP contribution < -0.4 is 10.5 Å². The topological polar surface area (TPSA) is 124 Å². The van der Waals surface area contributed by atoms with Gasteiger partial charge in [-0.3, -0.25) is 0 Å². The number of nitrogens with two attached hydrogens (primary N) is 1. The maximum Gasteiger partial charge on any atom is 0.250 e. The van der Waals surface area contributed by atoms with Crippen LogP contribution in [0.1, 0.15) is 0 Å². The molecule has 0 aliphatic heterocycles. The van der Waals surface area contributed by atoms with E-state index in [0.29, 0.717) is 16.9 Å². The number of nitrogen functional groups attached to an aromatic ring is 1. The average molecular weight is 305 g/mol. The molecule has 0 saturated carbocycles. The van der Waals surface area contributed by atoms with Crippen LogP contribution in [-0.4, -0.2) is 34.6 Å². The number of hydrogen-bond acceptors (Lipinski definition) is 7. The Labute approximate surface area is 119 Å². The minimum atomic E-state index is -3.32. The molecular weight excluding hydrogens is 294 g/mol. The van der Waals surface area contributed by atoms with Crippen molar-refractivity contribution < 1.29 is 13.2 Å². The number of benzene rings is 1. The summed E-state index contributed by atoms with van der Waals surface area (Å²) < 4.78 is 28.7. The highest BCUT2D eigenvalue weighted by Crippen LogP contribution is 2.27. The van der Waals surface area contributed by atoms with Crippen LogP contribution in [0.15, 0.2) is 35.5 Å². The normalized spacial score (nSPS) is 11.7. The van der Waals surface area contributed by atoms with Crippen molar-refractivity contribution in [2.24, 2.45) is 0 Å². The van der Waals surface area contributed by atoms with E-state index in [1.54, 1.807) is 12.1 Å². The van der Waals surface area contributed by atoms with E-state index in [-0.39, 0.29) is 16.7 Å². The van der Waals surface area contributed by atoms with Gasteiger partial charge in [0.25, 0.3) is 5.88 Å². The van der Waals surface area contributed by atoms with Crippen LogP contribution in [0.5, 0.6) is 11.6 Å². The Morgan fingerprint density at radius 3 is 2.86 bits per heavy atom. The summed E-state index contributed by atoms with van der Waals surface area (Å²) in [7, 11) is -3.32. The van der Waals surface area contributed by atoms with Crippen molar-refractivity contribution in [1.29, 1.82) is 0 Å². The van der Waals surface area contributed by atoms with E-state index in [2.05, 4.69) is 19.9 Å². The molecule has 0 spiro atoms. The fourth-order valence-electron chi connectivity index (χ4n) is 1.78. The highest BCUT2D eigenvalue weighted by atomic mass is 32.2. The molecule has 8 nitrogen and oxygen atoms in total. The van der Waals surface area contributed by atoms with E-state index >= 15 is 0 Å². The van der Waals surface area contributed by atoms with Crippen LogP contribution in [0.25, 0.3) is 11.2 Å². The van der Waals surface area contributed by atoms with Crippen LogP contribution in [0, 0.1) is 0 Å². The van der Waals surface area contributed by atoms with Gasteiger partial charge in [-0.2, -0.15) is 9.97 Å². The molecule has 2 heterocycles. The number of fused-ring (bicyclic) bond motifs is 1. The number of ether oxygens (including phenoxy) is 1. The van der Waals surface area contributed by atoms with E-state index in [4.69, 9.17) is 10.5 Å². The fraction of sp³-hybridized carbons (Fsp3) is 0.0833. The fourth-order valence-corrected chi connectivity index (χ4v) is 2.43. The van der Waals surface area contributed by atoms with Gasteiger partial charge in [0.15, 0.2) is 15.5 Å². The molecule has 3 aromatic rings. The van der Waals surface area contributed by atoms with Crippen molar-refractivity contribution in [2.45, 2.75) is 4.90 Å². The molecular formula is C12H11N5O3S. The molecule has 108 valence electrons. The third kappa shape index (κ3) is 2.63. The zero-order valence-corrected chi connectivity index (χ0v) is 11.8. The van der Waals surface area contributed by atoms with Gasteiger partial charge in [-0.25, -0.2) is 13.4 Å². The van der Waals surface area contributed by atoms with E-state index < -0.39 is 9.84 Å². The zero-order chi connectivity index (χ0) is 15.0. The number of rotatable bonds is 3. The first kappa shape index (κ1) is 13.3. The van der Waals surface area contributed by atoms with Crippen molar-refractivity contribution in [2.75, 3.05) is 12.0 Å². The Hall–Kier alpha value is -2.68. The predicted octanol–water partition coefficient (Wildman–Crippen LogP) is 1.13. The van der Waals surface area contributed by atoms with Gasteiger partial charge >= 0.3 is 0 Å². The van der Waals surface area contributed by atoms with Gasteiger partial charge in [-0.05, 0) is 18.2 Å². The lowest BCUT2D eigenvalue weighted by Crippen LogP contribution is -2.00. The SMILES string of the molecule is CS(=O)(=O)c1cccc(Oc2nc(N)nc3nc[nH]c23)c1. The van der Waals surface area contributed by atoms with Gasteiger partial charge in [-0.15, -0.1) is 0 Å². The third-order valence-electron chi connectivity index (χ3n) is 2.72. The summed E-state index contributed by atoms with van der Waals surface area (Å²) in [6.45, 7) is 0. The van der Waals surface area contributed by atoms with Gasteiger partial charge < -0.3 is 15.5 Å². The average Bonchev–Trinajstić information content (AvgIpc) is 2.86. The number of nitrogens with one attached hydrogen (secondary N) is 1. The standard InChI is InChI=1S/C12H11N5O3S/c1-21(18,19)8-4-2-3-7(5-8)20-11-9-10(15-6-14-9)16-12(13)17-11/h2-6H,1H3,(H3,13,14,15,16,17). The lowest BCUT2D eigenvalue weighted by atomic mass is 10.3. The van der Waals surface area contributed by atoms with Crippen molar-refractivity contribution >= 4 is 26.9 Å². The summed E-state index contributed by atoms with van der Waals surface area (Å²) in [5.41, 5.74) is 6.44. The van der Waals surface area contributed by atoms with Crippen LogP contribution in [0.3, 0.4) is 0 Å². The zero-order valence-electron chi connectivity index (χ0n) is 10.9. The summed E-state index contributed by atoms with van der Waals surface area (Å²) in [5, 5.41) is 0. The molecule has 3 N–H and O–H groups in total. The number of anilines is 1. The smallest absolute Gasteiger partial charge is 0.250 e. The summed E-state index contributed by atoms with van der Waals surface area (Å²) in [4.78, 5) is 14.9. The summed E-state index contributed by atoms with van der Waals surface area (Å²) in [6.07, 6.45) is 2.57. The quantitative estimate of drug-likeness (QED) is 0.743. The molecule has 2 aromatic heterocycles. The van der Waals surface area contributed by atoms with Crippen LogP contribution in [0.4, 0.5) is 5.95 Å². The Balaban J connectivity index is 2.05. The van der Waals surface area contributed by atoms with Crippen molar-refractivity contribution in [1.82, 2.24) is 19.9 Å². The molecule has 0 fully saturated rings. The summed E-state index contributed by atoms with van der Waals surface area (Å²) in [5.74, 6) is 0.524. The third-order valence-corrected chi connectivity index (χ3v) is 3.83. The van der Waals surface area contributed by atoms with Gasteiger partial charge in [0, 0.05) is 6.26 Å². The molecule has 0 bridgehead atoms. The molecule has 0 amide bonds. The number of H-pyrrole nitrogens is 1. The molecule has 0 radical (unpaired) electrons. The minimum Gasteiger partial charge on any atom is -0.437 e. The number of aromatic nitrogens is 4. The highest BCUT2D eigenvalue weighted by Gasteiger charge is 2.13. The molecule has 0 unspecified atom stereocenters. The van der Waals surface area contributed by atoms with E-state index in [9.17, 15) is 8.42 Å². The first-order valence-electron chi connectivity index (χ1n) is 5.88. The largest absolute Gasteiger partial charge is 0.437 e. The van der Waals surface area contributed by atoms with Gasteiger partial charge in [0.05, 0.1) is 11.2 Å². The maximum atomic E-state index is 11.5. The van der Waals surface area contributed by atoms with Crippen molar-refractivity contribution in [3.05, 3.63) is 30.6 Å². The molecule has 0 saturated heterocycles. The minimum absolute atomic E-state index is 0.0175. The first-order chi connectivity index (χ1) is 9.93. The number of hydrogen-bond donors (Lipinski definition) is 2. The molecule has 21 heavy (non-hydrogen) atoms. The number of sulfone groups is 1. The lowest BCUT2D eigenvalue weighted by molar-refractivity contribution is 0.466. The Morgan fingerprint density at radius 1 is 1.29 bits per heavy atom. The van der Waals surface area contributed by atoms with Crippen LogP contribution >= 0.6 is 0 Å². The first-order valence-corrected chi connectivity index (χ1v) is 7.77. The monoisotopic (exact) mass is 305 g/mol. The molecule has 0 atom stereocenters. The number of aromatic amines is 1. The molecule has 9 heteroatoms. The Morgan fingerprint density at radius 2 is 2.10 bits per heavy atom. The number of imidazole rings is 1. The lowest BCUT2D eigenvalue weighted by Gasteiger charge is -2.07.